The molecule has 1 aromatic heterocycles. The van der Waals surface area contributed by atoms with Crippen LogP contribution in [-0.2, 0) is 5.75 Å². The van der Waals surface area contributed by atoms with Crippen LogP contribution < -0.4 is 5.32 Å². The number of furan rings is 1. The third-order valence-electron chi connectivity index (χ3n) is 2.43. The van der Waals surface area contributed by atoms with Crippen LogP contribution in [0.5, 0.6) is 0 Å². The standard InChI is InChI=1S/C12H17F2NO3S/c1-12(2,5-6-16)15-10(17)9-4-3-8(18-9)7-19-11(13)14/h3-4,11,16H,5-7H2,1-2H3,(H,15,17). The minimum Gasteiger partial charge on any atom is -0.455 e. The maximum atomic E-state index is 12.0. The molecule has 0 radical (unpaired) electrons. The van der Waals surface area contributed by atoms with E-state index in [0.29, 0.717) is 23.9 Å². The van der Waals surface area contributed by atoms with Gasteiger partial charge in [-0.3, -0.25) is 4.79 Å². The molecule has 2 N–H and O–H groups in total. The highest BCUT2D eigenvalue weighted by Crippen LogP contribution is 2.21. The van der Waals surface area contributed by atoms with Gasteiger partial charge in [-0.15, -0.1) is 0 Å². The predicted molar refractivity (Wildman–Crippen MR) is 69.3 cm³/mol. The summed E-state index contributed by atoms with van der Waals surface area (Å²) in [6.07, 6.45) is 0.410. The molecule has 0 fully saturated rings. The average molecular weight is 293 g/mol. The highest BCUT2D eigenvalue weighted by Gasteiger charge is 2.22. The van der Waals surface area contributed by atoms with Crippen LogP contribution in [0.4, 0.5) is 8.78 Å². The van der Waals surface area contributed by atoms with Gasteiger partial charge in [0.25, 0.3) is 11.7 Å². The molecule has 7 heteroatoms. The van der Waals surface area contributed by atoms with Crippen molar-refractivity contribution in [1.82, 2.24) is 5.32 Å². The lowest BCUT2D eigenvalue weighted by atomic mass is 10.0. The van der Waals surface area contributed by atoms with Gasteiger partial charge in [0.2, 0.25) is 0 Å². The minimum absolute atomic E-state index is 0.0188. The van der Waals surface area contributed by atoms with Gasteiger partial charge < -0.3 is 14.8 Å². The van der Waals surface area contributed by atoms with E-state index in [9.17, 15) is 13.6 Å². The van der Waals surface area contributed by atoms with E-state index in [2.05, 4.69) is 5.32 Å². The number of aliphatic hydroxyl groups is 1. The summed E-state index contributed by atoms with van der Waals surface area (Å²) in [5, 5.41) is 11.6. The van der Waals surface area contributed by atoms with Crippen LogP contribution in [0.25, 0.3) is 0 Å². The summed E-state index contributed by atoms with van der Waals surface area (Å²) in [7, 11) is 0. The molecule has 0 atom stereocenters. The second-order valence-electron chi connectivity index (χ2n) is 4.65. The first-order chi connectivity index (χ1) is 8.84. The van der Waals surface area contributed by atoms with E-state index >= 15 is 0 Å². The fourth-order valence-electron chi connectivity index (χ4n) is 1.43. The Kier molecular flexibility index (Phi) is 5.81. The van der Waals surface area contributed by atoms with Crippen molar-refractivity contribution < 1.29 is 23.1 Å². The molecule has 0 unspecified atom stereocenters. The number of aliphatic hydroxyl groups excluding tert-OH is 1. The number of hydrogen-bond acceptors (Lipinski definition) is 4. The van der Waals surface area contributed by atoms with Gasteiger partial charge in [-0.1, -0.05) is 11.8 Å². The lowest BCUT2D eigenvalue weighted by molar-refractivity contribution is 0.0869. The number of thioether (sulfide) groups is 1. The van der Waals surface area contributed by atoms with Gasteiger partial charge in [0.15, 0.2) is 5.76 Å². The molecular weight excluding hydrogens is 276 g/mol. The SMILES string of the molecule is CC(C)(CCO)NC(=O)c1ccc(CSC(F)F)o1. The number of hydrogen-bond donors (Lipinski definition) is 2. The van der Waals surface area contributed by atoms with Gasteiger partial charge >= 0.3 is 0 Å². The number of rotatable bonds is 7. The molecule has 1 aromatic rings. The Morgan fingerprint density at radius 1 is 1.53 bits per heavy atom. The quantitative estimate of drug-likeness (QED) is 0.811. The molecule has 0 aliphatic heterocycles. The third-order valence-corrected chi connectivity index (χ3v) is 3.13. The van der Waals surface area contributed by atoms with Crippen molar-refractivity contribution >= 4 is 17.7 Å². The summed E-state index contributed by atoms with van der Waals surface area (Å²) in [6, 6.07) is 2.95. The van der Waals surface area contributed by atoms with E-state index in [1.807, 2.05) is 0 Å². The molecule has 19 heavy (non-hydrogen) atoms. The molecule has 0 aromatic carbocycles. The van der Waals surface area contributed by atoms with Gasteiger partial charge in [0, 0.05) is 12.1 Å². The highest BCUT2D eigenvalue weighted by molar-refractivity contribution is 7.98. The maximum Gasteiger partial charge on any atom is 0.287 e. The Morgan fingerprint density at radius 3 is 2.79 bits per heavy atom. The number of nitrogens with one attached hydrogen (secondary N) is 1. The number of carbonyl (C=O) groups is 1. The van der Waals surface area contributed by atoms with E-state index < -0.39 is 17.2 Å². The second kappa shape index (κ2) is 6.91. The van der Waals surface area contributed by atoms with Gasteiger partial charge in [0.05, 0.1) is 5.75 Å². The molecule has 0 spiro atoms. The minimum atomic E-state index is -2.47. The van der Waals surface area contributed by atoms with Gasteiger partial charge in [-0.25, -0.2) is 0 Å². The number of alkyl halides is 2. The topological polar surface area (TPSA) is 62.5 Å². The van der Waals surface area contributed by atoms with Crippen molar-refractivity contribution in [2.75, 3.05) is 6.61 Å². The fraction of sp³-hybridized carbons (Fsp3) is 0.583. The van der Waals surface area contributed by atoms with Crippen LogP contribution >= 0.6 is 11.8 Å². The number of carbonyl (C=O) groups excluding carboxylic acids is 1. The molecule has 1 rings (SSSR count). The molecule has 0 saturated heterocycles. The summed E-state index contributed by atoms with van der Waals surface area (Å²) in [5.41, 5.74) is -0.559. The van der Waals surface area contributed by atoms with Crippen molar-refractivity contribution in [3.8, 4) is 0 Å². The monoisotopic (exact) mass is 293 g/mol. The number of halogens is 2. The van der Waals surface area contributed by atoms with Gasteiger partial charge in [-0.05, 0) is 32.4 Å². The van der Waals surface area contributed by atoms with Crippen LogP contribution in [0.3, 0.4) is 0 Å². The van der Waals surface area contributed by atoms with E-state index in [4.69, 9.17) is 9.52 Å². The molecule has 108 valence electrons. The van der Waals surface area contributed by atoms with Gasteiger partial charge in [-0.2, -0.15) is 8.78 Å². The molecule has 0 aliphatic carbocycles. The molecule has 4 nitrogen and oxygen atoms in total. The summed E-state index contributed by atoms with van der Waals surface area (Å²) in [5.74, 6) is -2.46. The van der Waals surface area contributed by atoms with Crippen LogP contribution in [0.15, 0.2) is 16.5 Å². The van der Waals surface area contributed by atoms with Crippen LogP contribution in [0, 0.1) is 0 Å². The Hall–Kier alpha value is -1.08. The zero-order valence-electron chi connectivity index (χ0n) is 10.8. The molecule has 0 saturated carbocycles. The van der Waals surface area contributed by atoms with Crippen LogP contribution in [-0.4, -0.2) is 28.9 Å². The molecule has 0 bridgehead atoms. The summed E-state index contributed by atoms with van der Waals surface area (Å²) < 4.78 is 29.2. The van der Waals surface area contributed by atoms with Crippen LogP contribution in [0.2, 0.25) is 0 Å². The van der Waals surface area contributed by atoms with E-state index in [1.165, 1.54) is 12.1 Å². The second-order valence-corrected chi connectivity index (χ2v) is 5.63. The van der Waals surface area contributed by atoms with E-state index in [-0.39, 0.29) is 18.1 Å². The molecule has 0 aliphatic rings. The van der Waals surface area contributed by atoms with Crippen molar-refractivity contribution in [2.45, 2.75) is 37.3 Å². The number of amides is 1. The zero-order valence-corrected chi connectivity index (χ0v) is 11.6. The lowest BCUT2D eigenvalue weighted by Gasteiger charge is -2.24. The smallest absolute Gasteiger partial charge is 0.287 e. The third kappa shape index (κ3) is 5.61. The zero-order chi connectivity index (χ0) is 14.5. The fourth-order valence-corrected chi connectivity index (χ4v) is 1.88. The average Bonchev–Trinajstić information content (AvgIpc) is 2.74. The lowest BCUT2D eigenvalue weighted by Crippen LogP contribution is -2.43. The largest absolute Gasteiger partial charge is 0.455 e. The molecule has 1 amide bonds. The Morgan fingerprint density at radius 2 is 2.21 bits per heavy atom. The van der Waals surface area contributed by atoms with Crippen molar-refractivity contribution in [3.63, 3.8) is 0 Å². The van der Waals surface area contributed by atoms with Crippen molar-refractivity contribution in [1.29, 1.82) is 0 Å². The Labute approximate surface area is 114 Å². The van der Waals surface area contributed by atoms with Gasteiger partial charge in [0.1, 0.15) is 5.76 Å². The summed E-state index contributed by atoms with van der Waals surface area (Å²) >= 11 is 0.439. The van der Waals surface area contributed by atoms with Crippen molar-refractivity contribution in [3.05, 3.63) is 23.7 Å². The highest BCUT2D eigenvalue weighted by atomic mass is 32.2. The Balaban J connectivity index is 2.58. The van der Waals surface area contributed by atoms with E-state index in [1.54, 1.807) is 13.8 Å². The van der Waals surface area contributed by atoms with E-state index in [0.717, 1.165) is 0 Å². The van der Waals surface area contributed by atoms with Crippen molar-refractivity contribution in [2.24, 2.45) is 0 Å². The molecular formula is C12H17F2NO3S. The normalized spacial score (nSPS) is 11.9. The first kappa shape index (κ1) is 16.0. The first-order valence-corrected chi connectivity index (χ1v) is 6.81. The maximum absolute atomic E-state index is 12.0. The Bertz CT molecular complexity index is 421. The predicted octanol–water partition coefficient (Wildman–Crippen LogP) is 2.63. The summed E-state index contributed by atoms with van der Waals surface area (Å²) in [4.78, 5) is 11.8. The summed E-state index contributed by atoms with van der Waals surface area (Å²) in [6.45, 7) is 3.51. The van der Waals surface area contributed by atoms with Crippen LogP contribution in [0.1, 0.15) is 36.6 Å². The first-order valence-electron chi connectivity index (χ1n) is 5.76. The molecule has 1 heterocycles.